The summed E-state index contributed by atoms with van der Waals surface area (Å²) >= 11 is 0. The molecule has 0 bridgehead atoms. The second-order valence-electron chi connectivity index (χ2n) is 1.25. The van der Waals surface area contributed by atoms with E-state index in [-0.39, 0.29) is 0 Å². The summed E-state index contributed by atoms with van der Waals surface area (Å²) in [5.74, 6) is 0.375. The normalized spacial score (nSPS) is 9.00. The van der Waals surface area contributed by atoms with E-state index in [0.29, 0.717) is 5.82 Å². The van der Waals surface area contributed by atoms with E-state index in [1.54, 1.807) is 6.07 Å². The van der Waals surface area contributed by atoms with Gasteiger partial charge in [0.25, 0.3) is 0 Å². The molecule has 0 radical (unpaired) electrons. The van der Waals surface area contributed by atoms with Crippen molar-refractivity contribution in [1.29, 1.82) is 5.53 Å². The van der Waals surface area contributed by atoms with E-state index in [1.807, 2.05) is 0 Å². The fraction of sp³-hybridized carbons (Fsp3) is 0. The van der Waals surface area contributed by atoms with Crippen molar-refractivity contribution in [2.75, 3.05) is 5.73 Å². The summed E-state index contributed by atoms with van der Waals surface area (Å²) in [6.07, 6.45) is 1.48. The average molecular weight is 111 g/mol. The highest BCUT2D eigenvalue weighted by atomic mass is 15.6. The van der Waals surface area contributed by atoms with E-state index >= 15 is 0 Å². The number of hydrogen-bond donors (Lipinski definition) is 2. The Kier molecular flexibility index (Phi) is 0.957. The SMILES string of the molecule is N=Nn1nccc1N. The Morgan fingerprint density at radius 2 is 2.62 bits per heavy atom. The second-order valence-corrected chi connectivity index (χ2v) is 1.25. The third-order valence-electron chi connectivity index (χ3n) is 0.747. The lowest BCUT2D eigenvalue weighted by molar-refractivity contribution is 0.676. The van der Waals surface area contributed by atoms with E-state index in [0.717, 1.165) is 4.79 Å². The molecule has 0 aromatic carbocycles. The molecule has 3 N–H and O–H groups in total. The number of nitrogens with one attached hydrogen (secondary N) is 1. The second kappa shape index (κ2) is 1.61. The van der Waals surface area contributed by atoms with Gasteiger partial charge in [0.15, 0.2) is 0 Å². The number of nitrogens with two attached hydrogens (primary N) is 1. The quantitative estimate of drug-likeness (QED) is 0.509. The van der Waals surface area contributed by atoms with Crippen LogP contribution in [0.15, 0.2) is 17.5 Å². The summed E-state index contributed by atoms with van der Waals surface area (Å²) in [7, 11) is 0. The highest BCUT2D eigenvalue weighted by Crippen LogP contribution is 1.96. The first kappa shape index (κ1) is 4.76. The predicted octanol–water partition coefficient (Wildman–Crippen LogP) is 0.259. The number of nitrogens with zero attached hydrogens (tertiary/aromatic N) is 3. The van der Waals surface area contributed by atoms with Gasteiger partial charge in [0, 0.05) is 6.07 Å². The van der Waals surface area contributed by atoms with Crippen molar-refractivity contribution in [2.24, 2.45) is 5.22 Å². The molecule has 0 fully saturated rings. The molecular formula is C3H5N5. The zero-order valence-electron chi connectivity index (χ0n) is 4.07. The monoisotopic (exact) mass is 111 g/mol. The van der Waals surface area contributed by atoms with Crippen LogP contribution >= 0.6 is 0 Å². The fourth-order valence-electron chi connectivity index (χ4n) is 0.390. The maximum atomic E-state index is 6.45. The maximum absolute atomic E-state index is 6.45. The Labute approximate surface area is 45.6 Å². The number of aromatic nitrogens is 2. The molecule has 1 aromatic rings. The predicted molar refractivity (Wildman–Crippen MR) is 27.2 cm³/mol. The summed E-state index contributed by atoms with van der Waals surface area (Å²) in [5, 5.41) is 6.53. The largest absolute Gasteiger partial charge is 0.382 e. The summed E-state index contributed by atoms with van der Waals surface area (Å²) < 4.78 is 0. The molecule has 0 spiro atoms. The van der Waals surface area contributed by atoms with Crippen LogP contribution in [0.3, 0.4) is 0 Å². The first-order valence-corrected chi connectivity index (χ1v) is 2.02. The standard InChI is InChI=1S/C3H5N5/c4-3-1-2-6-8(3)7-5/h1-2,5H,4H2. The van der Waals surface area contributed by atoms with Crippen LogP contribution in [0.25, 0.3) is 0 Å². The minimum atomic E-state index is 0.375. The van der Waals surface area contributed by atoms with Crippen molar-refractivity contribution >= 4 is 5.82 Å². The molecule has 8 heavy (non-hydrogen) atoms. The summed E-state index contributed by atoms with van der Waals surface area (Å²) in [4.78, 5) is 1.03. The van der Waals surface area contributed by atoms with E-state index in [9.17, 15) is 0 Å². The Morgan fingerprint density at radius 3 is 2.88 bits per heavy atom. The maximum Gasteiger partial charge on any atom is 0.149 e. The van der Waals surface area contributed by atoms with Gasteiger partial charge in [-0.25, -0.2) is 0 Å². The molecule has 0 aliphatic carbocycles. The zero-order valence-corrected chi connectivity index (χ0v) is 4.07. The topological polar surface area (TPSA) is 80.0 Å². The highest BCUT2D eigenvalue weighted by molar-refractivity contribution is 5.25. The Balaban J connectivity index is 3.09. The Morgan fingerprint density at radius 1 is 1.88 bits per heavy atom. The van der Waals surface area contributed by atoms with Gasteiger partial charge in [-0.15, -0.1) is 4.79 Å². The third kappa shape index (κ3) is 0.534. The first-order chi connectivity index (χ1) is 3.84. The lowest BCUT2D eigenvalue weighted by atomic mass is 10.7. The minimum absolute atomic E-state index is 0.375. The summed E-state index contributed by atoms with van der Waals surface area (Å²) in [6, 6.07) is 1.57. The van der Waals surface area contributed by atoms with Crippen LogP contribution in [-0.4, -0.2) is 9.89 Å². The fourth-order valence-corrected chi connectivity index (χ4v) is 0.390. The summed E-state index contributed by atoms with van der Waals surface area (Å²) in [5.41, 5.74) is 11.7. The molecule has 1 rings (SSSR count). The lowest BCUT2D eigenvalue weighted by Gasteiger charge is -1.86. The van der Waals surface area contributed by atoms with E-state index in [4.69, 9.17) is 11.3 Å². The van der Waals surface area contributed by atoms with Crippen LogP contribution in [0, 0.1) is 5.53 Å². The Bertz CT molecular complexity index is 189. The van der Waals surface area contributed by atoms with Crippen LogP contribution in [0.1, 0.15) is 0 Å². The molecule has 1 aromatic heterocycles. The van der Waals surface area contributed by atoms with Crippen LogP contribution in [-0.2, 0) is 0 Å². The molecule has 0 aliphatic heterocycles. The van der Waals surface area contributed by atoms with Crippen molar-refractivity contribution in [3.8, 4) is 0 Å². The van der Waals surface area contributed by atoms with Gasteiger partial charge in [-0.2, -0.15) is 10.6 Å². The van der Waals surface area contributed by atoms with Gasteiger partial charge in [0.2, 0.25) is 0 Å². The van der Waals surface area contributed by atoms with Gasteiger partial charge in [0.05, 0.1) is 6.20 Å². The molecule has 1 heterocycles. The van der Waals surface area contributed by atoms with Crippen LogP contribution in [0.2, 0.25) is 0 Å². The number of anilines is 1. The highest BCUT2D eigenvalue weighted by Gasteiger charge is 1.89. The van der Waals surface area contributed by atoms with Crippen LogP contribution in [0.5, 0.6) is 0 Å². The number of nitrogen functional groups attached to an aromatic ring is 1. The van der Waals surface area contributed by atoms with Gasteiger partial charge in [-0.05, 0) is 0 Å². The molecule has 0 unspecified atom stereocenters. The first-order valence-electron chi connectivity index (χ1n) is 2.02. The van der Waals surface area contributed by atoms with Crippen molar-refractivity contribution < 1.29 is 0 Å². The molecule has 5 nitrogen and oxygen atoms in total. The lowest BCUT2D eigenvalue weighted by Crippen LogP contribution is -1.95. The third-order valence-corrected chi connectivity index (χ3v) is 0.747. The van der Waals surface area contributed by atoms with Gasteiger partial charge < -0.3 is 5.73 Å². The van der Waals surface area contributed by atoms with Crippen LogP contribution in [0.4, 0.5) is 5.82 Å². The van der Waals surface area contributed by atoms with E-state index < -0.39 is 0 Å². The van der Waals surface area contributed by atoms with Gasteiger partial charge >= 0.3 is 0 Å². The van der Waals surface area contributed by atoms with Crippen molar-refractivity contribution in [3.63, 3.8) is 0 Å². The summed E-state index contributed by atoms with van der Waals surface area (Å²) in [6.45, 7) is 0. The van der Waals surface area contributed by atoms with Crippen molar-refractivity contribution in [3.05, 3.63) is 12.3 Å². The molecule has 42 valence electrons. The molecule has 0 aliphatic rings. The van der Waals surface area contributed by atoms with Crippen molar-refractivity contribution in [1.82, 2.24) is 9.89 Å². The molecule has 5 heteroatoms. The Hall–Kier alpha value is -1.39. The molecule has 0 saturated heterocycles. The number of hydrogen-bond acceptors (Lipinski definition) is 4. The van der Waals surface area contributed by atoms with Crippen molar-refractivity contribution in [2.45, 2.75) is 0 Å². The molecule has 0 saturated carbocycles. The van der Waals surface area contributed by atoms with E-state index in [2.05, 4.69) is 10.3 Å². The molecule has 0 amide bonds. The van der Waals surface area contributed by atoms with E-state index in [1.165, 1.54) is 6.20 Å². The minimum Gasteiger partial charge on any atom is -0.382 e. The molecule has 0 atom stereocenters. The van der Waals surface area contributed by atoms with Gasteiger partial charge in [-0.1, -0.05) is 5.22 Å². The van der Waals surface area contributed by atoms with Gasteiger partial charge in [0.1, 0.15) is 5.82 Å². The van der Waals surface area contributed by atoms with Gasteiger partial charge in [-0.3, -0.25) is 0 Å². The average Bonchev–Trinajstić information content (AvgIpc) is 2.14. The smallest absolute Gasteiger partial charge is 0.149 e. The molecular weight excluding hydrogens is 106 g/mol. The zero-order chi connectivity index (χ0) is 5.98. The number of rotatable bonds is 1. The van der Waals surface area contributed by atoms with Crippen LogP contribution < -0.4 is 5.73 Å².